The van der Waals surface area contributed by atoms with Gasteiger partial charge in [-0.05, 0) is 25.3 Å². The Morgan fingerprint density at radius 2 is 1.97 bits per heavy atom. The Bertz CT molecular complexity index is 1130. The molecule has 0 fully saturated rings. The van der Waals surface area contributed by atoms with Gasteiger partial charge in [-0.15, -0.1) is 0 Å². The minimum atomic E-state index is -4.62. The Kier molecular flexibility index (Phi) is 8.07. The molecule has 0 aliphatic rings. The Hall–Kier alpha value is -1.82. The van der Waals surface area contributed by atoms with Crippen molar-refractivity contribution >= 4 is 52.2 Å². The number of thiazole rings is 1. The van der Waals surface area contributed by atoms with Crippen LogP contribution in [0, 0.1) is 11.7 Å². The van der Waals surface area contributed by atoms with Gasteiger partial charge in [-0.2, -0.15) is 0 Å². The number of hydrogen-bond acceptors (Lipinski definition) is 9. The zero-order valence-electron chi connectivity index (χ0n) is 17.7. The fraction of sp³-hybridized carbons (Fsp3) is 0.421. The van der Waals surface area contributed by atoms with E-state index in [4.69, 9.17) is 20.0 Å². The number of halogens is 1. The molecule has 0 radical (unpaired) electrons. The van der Waals surface area contributed by atoms with Crippen LogP contribution in [0.5, 0.6) is 0 Å². The lowest BCUT2D eigenvalue weighted by Crippen LogP contribution is -2.27. The number of aromatic nitrogens is 3. The Labute approximate surface area is 193 Å². The molecule has 0 bridgehead atoms. The third kappa shape index (κ3) is 6.84. The van der Waals surface area contributed by atoms with Gasteiger partial charge < -0.3 is 20.8 Å². The molecule has 9 nitrogen and oxygen atoms in total. The van der Waals surface area contributed by atoms with Crippen LogP contribution in [-0.2, 0) is 9.09 Å². The molecule has 0 spiro atoms. The molecule has 2 aromatic heterocycles. The summed E-state index contributed by atoms with van der Waals surface area (Å²) in [6, 6.07) is 6.09. The smallest absolute Gasteiger partial charge is 0.375 e. The van der Waals surface area contributed by atoms with E-state index in [1.54, 1.807) is 18.2 Å². The highest BCUT2D eigenvalue weighted by Gasteiger charge is 2.23. The predicted octanol–water partition coefficient (Wildman–Crippen LogP) is 4.60. The van der Waals surface area contributed by atoms with Gasteiger partial charge in [0, 0.05) is 10.8 Å². The third-order valence-electron chi connectivity index (χ3n) is 4.42. The number of thioether (sulfide) groups is 1. The van der Waals surface area contributed by atoms with Gasteiger partial charge in [0.2, 0.25) is 0 Å². The van der Waals surface area contributed by atoms with E-state index in [-0.39, 0.29) is 23.6 Å². The van der Waals surface area contributed by atoms with E-state index >= 15 is 0 Å². The van der Waals surface area contributed by atoms with Gasteiger partial charge in [0.05, 0.1) is 12.6 Å². The first kappa shape index (κ1) is 24.8. The number of benzene rings is 1. The Morgan fingerprint density at radius 3 is 2.62 bits per heavy atom. The number of rotatable bonds is 10. The molecule has 1 aromatic carbocycles. The van der Waals surface area contributed by atoms with E-state index in [0.29, 0.717) is 38.4 Å². The molecule has 2 heterocycles. The van der Waals surface area contributed by atoms with E-state index in [0.717, 1.165) is 0 Å². The van der Waals surface area contributed by atoms with Crippen molar-refractivity contribution in [2.45, 2.75) is 43.6 Å². The molecule has 3 aromatic rings. The zero-order chi connectivity index (χ0) is 23.5. The number of fused-ring (bicyclic) bond motifs is 1. The first-order chi connectivity index (χ1) is 15.0. The average molecular weight is 502 g/mol. The minimum absolute atomic E-state index is 0.212. The number of phosphoric acid groups is 1. The highest BCUT2D eigenvalue weighted by atomic mass is 32.2. The van der Waals surface area contributed by atoms with Crippen molar-refractivity contribution in [3.8, 4) is 0 Å². The number of nitrogens with two attached hydrogens (primary N) is 1. The first-order valence-electron chi connectivity index (χ1n) is 9.83. The van der Waals surface area contributed by atoms with Crippen LogP contribution in [0.15, 0.2) is 29.4 Å². The quantitative estimate of drug-likeness (QED) is 0.177. The van der Waals surface area contributed by atoms with Gasteiger partial charge in [-0.25, -0.2) is 23.9 Å². The van der Waals surface area contributed by atoms with Crippen molar-refractivity contribution in [2.75, 3.05) is 17.7 Å². The standard InChI is InChI=1S/C19H25FN5O4PS2/c1-10(2)8-12(9-29-30(26,27)28)22-16-15-17(23-18(21)32-15)25-19(24-16)31-11(3)13-6-4-5-7-14(13)20/h4-7,10-12H,8-9H2,1-3H3,(H2,26,27,28)(H3,21,22,23,24,25)/t11?,12-/m1/s1. The Morgan fingerprint density at radius 1 is 1.25 bits per heavy atom. The summed E-state index contributed by atoms with van der Waals surface area (Å²) in [6.45, 7) is 5.62. The maximum atomic E-state index is 14.2. The molecular weight excluding hydrogens is 476 g/mol. The third-order valence-corrected chi connectivity index (χ3v) is 6.78. The molecule has 0 saturated carbocycles. The summed E-state index contributed by atoms with van der Waals surface area (Å²) < 4.78 is 30.7. The molecule has 2 atom stereocenters. The minimum Gasteiger partial charge on any atom is -0.375 e. The fourth-order valence-corrected chi connectivity index (χ4v) is 5.13. The van der Waals surface area contributed by atoms with Crippen molar-refractivity contribution in [3.05, 3.63) is 35.6 Å². The van der Waals surface area contributed by atoms with Crippen LogP contribution in [0.25, 0.3) is 10.3 Å². The van der Waals surface area contributed by atoms with Crippen molar-refractivity contribution in [1.29, 1.82) is 0 Å². The molecule has 13 heteroatoms. The lowest BCUT2D eigenvalue weighted by molar-refractivity contribution is 0.184. The van der Waals surface area contributed by atoms with Gasteiger partial charge in [0.1, 0.15) is 10.5 Å². The number of nitrogens with zero attached hydrogens (tertiary/aromatic N) is 3. The summed E-state index contributed by atoms with van der Waals surface area (Å²) in [7, 11) is -4.62. The largest absolute Gasteiger partial charge is 0.469 e. The molecule has 3 rings (SSSR count). The summed E-state index contributed by atoms with van der Waals surface area (Å²) in [5.74, 6) is 0.357. The molecule has 0 aliphatic carbocycles. The van der Waals surface area contributed by atoms with Crippen LogP contribution < -0.4 is 11.1 Å². The van der Waals surface area contributed by atoms with Gasteiger partial charge in [-0.1, -0.05) is 55.1 Å². The number of anilines is 2. The molecular formula is C19H25FN5O4PS2. The first-order valence-corrected chi connectivity index (χ1v) is 13.1. The average Bonchev–Trinajstić information content (AvgIpc) is 3.06. The SMILES string of the molecule is CC(C)C[C@H](COP(=O)(O)O)Nc1nc(SC(C)c2ccccc2F)nc2nc(N)sc12. The number of hydrogen-bond donors (Lipinski definition) is 4. The number of nitrogen functional groups attached to an aromatic ring is 1. The maximum Gasteiger partial charge on any atom is 0.469 e. The van der Waals surface area contributed by atoms with Crippen molar-refractivity contribution in [3.63, 3.8) is 0 Å². The van der Waals surface area contributed by atoms with Crippen molar-refractivity contribution < 1.29 is 23.3 Å². The van der Waals surface area contributed by atoms with Crippen LogP contribution in [0.1, 0.15) is 38.0 Å². The molecule has 0 amide bonds. The van der Waals surface area contributed by atoms with Crippen LogP contribution in [0.4, 0.5) is 15.3 Å². The summed E-state index contributed by atoms with van der Waals surface area (Å²) in [4.78, 5) is 31.5. The van der Waals surface area contributed by atoms with Crippen LogP contribution in [0.3, 0.4) is 0 Å². The second kappa shape index (κ2) is 10.4. The summed E-state index contributed by atoms with van der Waals surface area (Å²) >= 11 is 2.48. The zero-order valence-corrected chi connectivity index (χ0v) is 20.3. The summed E-state index contributed by atoms with van der Waals surface area (Å²) in [5, 5.41) is 3.64. The van der Waals surface area contributed by atoms with E-state index in [1.165, 1.54) is 29.2 Å². The summed E-state index contributed by atoms with van der Waals surface area (Å²) in [5.41, 5.74) is 6.80. The maximum absolute atomic E-state index is 14.2. The van der Waals surface area contributed by atoms with Crippen molar-refractivity contribution in [2.24, 2.45) is 5.92 Å². The van der Waals surface area contributed by atoms with E-state index in [9.17, 15) is 8.96 Å². The van der Waals surface area contributed by atoms with E-state index in [2.05, 4.69) is 20.3 Å². The topological polar surface area (TPSA) is 143 Å². The second-order valence-corrected chi connectivity index (χ2v) is 11.2. The predicted molar refractivity (Wildman–Crippen MR) is 125 cm³/mol. The lowest BCUT2D eigenvalue weighted by atomic mass is 10.0. The Balaban J connectivity index is 1.91. The number of phosphoric ester groups is 1. The summed E-state index contributed by atoms with van der Waals surface area (Å²) in [6.07, 6.45) is 0.577. The molecule has 32 heavy (non-hydrogen) atoms. The van der Waals surface area contributed by atoms with Crippen LogP contribution in [0.2, 0.25) is 0 Å². The van der Waals surface area contributed by atoms with Gasteiger partial charge in [0.15, 0.2) is 21.8 Å². The van der Waals surface area contributed by atoms with Crippen LogP contribution >= 0.6 is 30.9 Å². The number of nitrogens with one attached hydrogen (secondary N) is 1. The molecule has 174 valence electrons. The van der Waals surface area contributed by atoms with Crippen LogP contribution in [-0.4, -0.2) is 37.4 Å². The lowest BCUT2D eigenvalue weighted by Gasteiger charge is -2.22. The highest BCUT2D eigenvalue weighted by molar-refractivity contribution is 7.99. The van der Waals surface area contributed by atoms with Gasteiger partial charge in [-0.3, -0.25) is 4.52 Å². The molecule has 0 saturated heterocycles. The molecule has 0 aliphatic heterocycles. The monoisotopic (exact) mass is 501 g/mol. The van der Waals surface area contributed by atoms with Gasteiger partial charge in [0.25, 0.3) is 0 Å². The van der Waals surface area contributed by atoms with Gasteiger partial charge >= 0.3 is 7.82 Å². The van der Waals surface area contributed by atoms with Crippen molar-refractivity contribution in [1.82, 2.24) is 15.0 Å². The van der Waals surface area contributed by atoms with E-state index < -0.39 is 13.9 Å². The second-order valence-electron chi connectivity index (χ2n) is 7.60. The molecule has 1 unspecified atom stereocenters. The fourth-order valence-electron chi connectivity index (χ4n) is 3.12. The normalized spacial score (nSPS) is 14.1. The highest BCUT2D eigenvalue weighted by Crippen LogP contribution is 2.39. The molecule has 5 N–H and O–H groups in total. The van der Waals surface area contributed by atoms with E-state index in [1.807, 2.05) is 20.8 Å².